The standard InChI is InChI=1S/C14H16N2/c1-10-6-7-11(9-14(10)16)8-12-4-2-3-5-13(12)15/h2-7,9H,8,15-16H2,1H3. The Hall–Kier alpha value is -1.96. The second-order valence-electron chi connectivity index (χ2n) is 4.07. The zero-order chi connectivity index (χ0) is 11.5. The summed E-state index contributed by atoms with van der Waals surface area (Å²) in [5, 5.41) is 0. The van der Waals surface area contributed by atoms with Crippen molar-refractivity contribution in [2.24, 2.45) is 0 Å². The van der Waals surface area contributed by atoms with Crippen LogP contribution in [-0.4, -0.2) is 0 Å². The molecule has 0 aliphatic heterocycles. The summed E-state index contributed by atoms with van der Waals surface area (Å²) in [5.74, 6) is 0. The summed E-state index contributed by atoms with van der Waals surface area (Å²) < 4.78 is 0. The molecule has 0 aromatic heterocycles. The van der Waals surface area contributed by atoms with Gasteiger partial charge < -0.3 is 11.5 Å². The molecule has 4 N–H and O–H groups in total. The van der Waals surface area contributed by atoms with Crippen LogP contribution in [0.15, 0.2) is 42.5 Å². The minimum atomic E-state index is 0.831. The van der Waals surface area contributed by atoms with E-state index < -0.39 is 0 Å². The molecular weight excluding hydrogens is 196 g/mol. The third-order valence-corrected chi connectivity index (χ3v) is 2.79. The molecule has 16 heavy (non-hydrogen) atoms. The first kappa shape index (κ1) is 10.6. The molecule has 2 aromatic carbocycles. The van der Waals surface area contributed by atoms with Crippen molar-refractivity contribution in [3.8, 4) is 0 Å². The van der Waals surface area contributed by atoms with E-state index in [1.165, 1.54) is 5.56 Å². The molecule has 0 radical (unpaired) electrons. The number of benzene rings is 2. The average molecular weight is 212 g/mol. The number of hydrogen-bond acceptors (Lipinski definition) is 2. The quantitative estimate of drug-likeness (QED) is 0.752. The molecule has 0 atom stereocenters. The molecule has 2 heteroatoms. The zero-order valence-electron chi connectivity index (χ0n) is 9.40. The number of para-hydroxylation sites is 1. The molecule has 0 fully saturated rings. The van der Waals surface area contributed by atoms with Crippen molar-refractivity contribution in [1.29, 1.82) is 0 Å². The Kier molecular flexibility index (Phi) is 2.82. The van der Waals surface area contributed by atoms with E-state index in [2.05, 4.69) is 6.07 Å². The van der Waals surface area contributed by atoms with E-state index in [1.807, 2.05) is 43.3 Å². The maximum Gasteiger partial charge on any atom is 0.0349 e. The number of hydrogen-bond donors (Lipinski definition) is 2. The van der Waals surface area contributed by atoms with Crippen molar-refractivity contribution in [2.45, 2.75) is 13.3 Å². The van der Waals surface area contributed by atoms with Gasteiger partial charge in [0.15, 0.2) is 0 Å². The van der Waals surface area contributed by atoms with Gasteiger partial charge in [0.2, 0.25) is 0 Å². The maximum atomic E-state index is 5.91. The minimum Gasteiger partial charge on any atom is -0.399 e. The molecule has 0 bridgehead atoms. The fraction of sp³-hybridized carbons (Fsp3) is 0.143. The van der Waals surface area contributed by atoms with Gasteiger partial charge in [-0.1, -0.05) is 30.3 Å². The lowest BCUT2D eigenvalue weighted by atomic mass is 10.0. The predicted octanol–water partition coefficient (Wildman–Crippen LogP) is 2.75. The number of nitrogen functional groups attached to an aromatic ring is 2. The van der Waals surface area contributed by atoms with Crippen molar-refractivity contribution < 1.29 is 0 Å². The molecule has 0 spiro atoms. The second-order valence-corrected chi connectivity index (χ2v) is 4.07. The smallest absolute Gasteiger partial charge is 0.0349 e. The minimum absolute atomic E-state index is 0.831. The number of nitrogens with two attached hydrogens (primary N) is 2. The normalized spacial score (nSPS) is 10.3. The topological polar surface area (TPSA) is 52.0 Å². The highest BCUT2D eigenvalue weighted by Crippen LogP contribution is 2.19. The van der Waals surface area contributed by atoms with Gasteiger partial charge in [0, 0.05) is 11.4 Å². The van der Waals surface area contributed by atoms with E-state index in [-0.39, 0.29) is 0 Å². The number of rotatable bonds is 2. The van der Waals surface area contributed by atoms with Crippen molar-refractivity contribution in [1.82, 2.24) is 0 Å². The van der Waals surface area contributed by atoms with E-state index >= 15 is 0 Å². The van der Waals surface area contributed by atoms with Crippen LogP contribution in [0.25, 0.3) is 0 Å². The summed E-state index contributed by atoms with van der Waals surface area (Å²) in [5.41, 5.74) is 16.9. The van der Waals surface area contributed by atoms with Crippen LogP contribution >= 0.6 is 0 Å². The second kappa shape index (κ2) is 4.27. The van der Waals surface area contributed by atoms with Gasteiger partial charge in [0.05, 0.1) is 0 Å². The van der Waals surface area contributed by atoms with Crippen molar-refractivity contribution >= 4 is 11.4 Å². The van der Waals surface area contributed by atoms with Crippen molar-refractivity contribution in [2.75, 3.05) is 11.5 Å². The van der Waals surface area contributed by atoms with E-state index in [0.717, 1.165) is 28.9 Å². The van der Waals surface area contributed by atoms with Crippen molar-refractivity contribution in [3.05, 3.63) is 59.2 Å². The summed E-state index contributed by atoms with van der Waals surface area (Å²) in [7, 11) is 0. The lowest BCUT2D eigenvalue weighted by Crippen LogP contribution is -1.97. The van der Waals surface area contributed by atoms with Crippen LogP contribution in [0.5, 0.6) is 0 Å². The van der Waals surface area contributed by atoms with Crippen LogP contribution in [0, 0.1) is 6.92 Å². The first-order valence-electron chi connectivity index (χ1n) is 5.35. The number of anilines is 2. The van der Waals surface area contributed by atoms with Crippen LogP contribution in [0.4, 0.5) is 11.4 Å². The van der Waals surface area contributed by atoms with Gasteiger partial charge >= 0.3 is 0 Å². The van der Waals surface area contributed by atoms with Crippen LogP contribution in [0.1, 0.15) is 16.7 Å². The molecular formula is C14H16N2. The average Bonchev–Trinajstić information content (AvgIpc) is 2.27. The molecule has 0 saturated carbocycles. The Morgan fingerprint density at radius 2 is 1.69 bits per heavy atom. The van der Waals surface area contributed by atoms with Gasteiger partial charge in [-0.15, -0.1) is 0 Å². The molecule has 0 saturated heterocycles. The maximum absolute atomic E-state index is 5.91. The van der Waals surface area contributed by atoms with Gasteiger partial charge in [0.1, 0.15) is 0 Å². The Bertz CT molecular complexity index is 504. The summed E-state index contributed by atoms with van der Waals surface area (Å²) in [4.78, 5) is 0. The van der Waals surface area contributed by atoms with Crippen molar-refractivity contribution in [3.63, 3.8) is 0 Å². The Balaban J connectivity index is 2.28. The lowest BCUT2D eigenvalue weighted by Gasteiger charge is -2.07. The fourth-order valence-corrected chi connectivity index (χ4v) is 1.72. The van der Waals surface area contributed by atoms with Gasteiger partial charge in [-0.25, -0.2) is 0 Å². The van der Waals surface area contributed by atoms with Crippen LogP contribution in [0.2, 0.25) is 0 Å². The Labute approximate surface area is 95.9 Å². The SMILES string of the molecule is Cc1ccc(Cc2ccccc2N)cc1N. The van der Waals surface area contributed by atoms with E-state index in [9.17, 15) is 0 Å². The molecule has 2 rings (SSSR count). The predicted molar refractivity (Wildman–Crippen MR) is 69.3 cm³/mol. The summed E-state index contributed by atoms with van der Waals surface area (Å²) >= 11 is 0. The number of aryl methyl sites for hydroxylation is 1. The highest BCUT2D eigenvalue weighted by Gasteiger charge is 2.01. The fourth-order valence-electron chi connectivity index (χ4n) is 1.72. The van der Waals surface area contributed by atoms with Crippen LogP contribution in [0.3, 0.4) is 0 Å². The molecule has 2 aromatic rings. The van der Waals surface area contributed by atoms with E-state index in [1.54, 1.807) is 0 Å². The third-order valence-electron chi connectivity index (χ3n) is 2.79. The first-order chi connectivity index (χ1) is 7.66. The zero-order valence-corrected chi connectivity index (χ0v) is 9.40. The van der Waals surface area contributed by atoms with Crippen LogP contribution in [-0.2, 0) is 6.42 Å². The summed E-state index contributed by atoms with van der Waals surface area (Å²) in [6.07, 6.45) is 0.831. The highest BCUT2D eigenvalue weighted by molar-refractivity contribution is 5.52. The summed E-state index contributed by atoms with van der Waals surface area (Å²) in [6.45, 7) is 2.01. The highest BCUT2D eigenvalue weighted by atomic mass is 14.6. The lowest BCUT2D eigenvalue weighted by molar-refractivity contribution is 1.19. The van der Waals surface area contributed by atoms with Gasteiger partial charge in [0.25, 0.3) is 0 Å². The Morgan fingerprint density at radius 3 is 2.38 bits per heavy atom. The van der Waals surface area contributed by atoms with Gasteiger partial charge in [-0.3, -0.25) is 0 Å². The first-order valence-corrected chi connectivity index (χ1v) is 5.35. The summed E-state index contributed by atoms with van der Waals surface area (Å²) in [6, 6.07) is 14.1. The molecule has 0 aliphatic carbocycles. The van der Waals surface area contributed by atoms with Gasteiger partial charge in [-0.2, -0.15) is 0 Å². The van der Waals surface area contributed by atoms with Gasteiger partial charge in [-0.05, 0) is 42.2 Å². The third kappa shape index (κ3) is 2.16. The molecule has 82 valence electrons. The Morgan fingerprint density at radius 1 is 0.938 bits per heavy atom. The molecule has 0 amide bonds. The monoisotopic (exact) mass is 212 g/mol. The molecule has 0 heterocycles. The molecule has 0 aliphatic rings. The van der Waals surface area contributed by atoms with E-state index in [4.69, 9.17) is 11.5 Å². The molecule has 0 unspecified atom stereocenters. The van der Waals surface area contributed by atoms with Crippen LogP contribution < -0.4 is 11.5 Å². The van der Waals surface area contributed by atoms with E-state index in [0.29, 0.717) is 0 Å². The largest absolute Gasteiger partial charge is 0.399 e. The molecule has 2 nitrogen and oxygen atoms in total.